The number of aromatic nitrogens is 2. The Labute approximate surface area is 181 Å². The van der Waals surface area contributed by atoms with Crippen molar-refractivity contribution in [3.8, 4) is 5.75 Å². The Bertz CT molecular complexity index is 1040. The molecule has 1 aromatic heterocycles. The fourth-order valence-electron chi connectivity index (χ4n) is 2.32. The fourth-order valence-corrected chi connectivity index (χ4v) is 2.79. The highest BCUT2D eigenvalue weighted by Crippen LogP contribution is 2.27. The number of benzene rings is 2. The minimum absolute atomic E-state index is 0.196. The molecule has 0 aliphatic heterocycles. The van der Waals surface area contributed by atoms with Crippen molar-refractivity contribution >= 4 is 46.4 Å². The summed E-state index contributed by atoms with van der Waals surface area (Å²) in [6.45, 7) is 0.0813. The number of nitrogen functional groups attached to an aromatic ring is 1. The third kappa shape index (κ3) is 5.85. The van der Waals surface area contributed by atoms with Crippen molar-refractivity contribution < 1.29 is 13.9 Å². The van der Waals surface area contributed by atoms with Gasteiger partial charge in [-0.05, 0) is 35.9 Å². The standard InChI is InChI=1S/C19H17Cl2FN6O2/c20-12-3-6-15(14(21)7-12)30-9-16(29)27-28-19-17(23)18(25-10-26-19)24-8-11-1-4-13(22)5-2-11/h1-7,10H,8-9,23H2,(H,27,29)(H2,24,25,26,28). The van der Waals surface area contributed by atoms with E-state index >= 15 is 0 Å². The van der Waals surface area contributed by atoms with Gasteiger partial charge in [0.2, 0.25) is 0 Å². The summed E-state index contributed by atoms with van der Waals surface area (Å²) in [6.07, 6.45) is 1.28. The van der Waals surface area contributed by atoms with Crippen molar-refractivity contribution in [1.29, 1.82) is 0 Å². The Morgan fingerprint density at radius 3 is 2.57 bits per heavy atom. The van der Waals surface area contributed by atoms with E-state index in [2.05, 4.69) is 26.1 Å². The number of nitrogens with two attached hydrogens (primary N) is 1. The molecule has 156 valence electrons. The first-order valence-electron chi connectivity index (χ1n) is 8.64. The van der Waals surface area contributed by atoms with Crippen LogP contribution in [0.5, 0.6) is 5.75 Å². The number of amides is 1. The Kier molecular flexibility index (Phi) is 7.10. The molecular weight excluding hydrogens is 434 g/mol. The van der Waals surface area contributed by atoms with Crippen LogP contribution in [0.15, 0.2) is 48.8 Å². The van der Waals surface area contributed by atoms with Crippen molar-refractivity contribution in [1.82, 2.24) is 15.4 Å². The minimum atomic E-state index is -0.486. The van der Waals surface area contributed by atoms with Crippen LogP contribution in [0.4, 0.5) is 21.7 Å². The molecule has 0 bridgehead atoms. The first-order valence-corrected chi connectivity index (χ1v) is 9.39. The summed E-state index contributed by atoms with van der Waals surface area (Å²) in [5, 5.41) is 3.78. The molecule has 0 aliphatic rings. The van der Waals surface area contributed by atoms with Gasteiger partial charge in [-0.15, -0.1) is 0 Å². The lowest BCUT2D eigenvalue weighted by atomic mass is 10.2. The number of carbonyl (C=O) groups is 1. The number of anilines is 3. The van der Waals surface area contributed by atoms with Crippen molar-refractivity contribution in [3.05, 3.63) is 70.2 Å². The quantitative estimate of drug-likeness (QED) is 0.387. The van der Waals surface area contributed by atoms with Crippen molar-refractivity contribution in [2.45, 2.75) is 6.54 Å². The molecule has 8 nitrogen and oxygen atoms in total. The number of nitrogens with one attached hydrogen (secondary N) is 3. The number of hydrogen-bond acceptors (Lipinski definition) is 7. The van der Waals surface area contributed by atoms with E-state index in [0.717, 1.165) is 5.56 Å². The van der Waals surface area contributed by atoms with Gasteiger partial charge >= 0.3 is 0 Å². The smallest absolute Gasteiger partial charge is 0.276 e. The number of ether oxygens (including phenoxy) is 1. The van der Waals surface area contributed by atoms with Crippen LogP contribution in [0.25, 0.3) is 0 Å². The first-order chi connectivity index (χ1) is 14.4. The highest BCUT2D eigenvalue weighted by molar-refractivity contribution is 6.35. The van der Waals surface area contributed by atoms with E-state index in [4.69, 9.17) is 33.7 Å². The maximum Gasteiger partial charge on any atom is 0.276 e. The molecule has 11 heteroatoms. The summed E-state index contributed by atoms with van der Waals surface area (Å²) < 4.78 is 18.3. The first kappa shape index (κ1) is 21.4. The van der Waals surface area contributed by atoms with Crippen LogP contribution in [-0.4, -0.2) is 22.5 Å². The topological polar surface area (TPSA) is 114 Å². The average Bonchev–Trinajstić information content (AvgIpc) is 2.72. The van der Waals surface area contributed by atoms with Crippen LogP contribution in [0.1, 0.15) is 5.56 Å². The van der Waals surface area contributed by atoms with Gasteiger partial charge in [0.15, 0.2) is 18.2 Å². The number of hydrogen-bond donors (Lipinski definition) is 4. The second-order valence-electron chi connectivity index (χ2n) is 6.00. The van der Waals surface area contributed by atoms with E-state index < -0.39 is 5.91 Å². The molecule has 0 saturated carbocycles. The minimum Gasteiger partial charge on any atom is -0.482 e. The fraction of sp³-hybridized carbons (Fsp3) is 0.105. The van der Waals surface area contributed by atoms with Gasteiger partial charge in [0.1, 0.15) is 23.6 Å². The molecular formula is C19H17Cl2FN6O2. The molecule has 0 fully saturated rings. The summed E-state index contributed by atoms with van der Waals surface area (Å²) in [6, 6.07) is 10.7. The van der Waals surface area contributed by atoms with Crippen LogP contribution in [0.2, 0.25) is 10.0 Å². The predicted octanol–water partition coefficient (Wildman–Crippen LogP) is 3.64. The molecule has 1 heterocycles. The van der Waals surface area contributed by atoms with E-state index in [9.17, 15) is 9.18 Å². The highest BCUT2D eigenvalue weighted by Gasteiger charge is 2.10. The second kappa shape index (κ2) is 9.95. The third-order valence-corrected chi connectivity index (χ3v) is 4.36. The summed E-state index contributed by atoms with van der Waals surface area (Å²) in [7, 11) is 0. The number of rotatable bonds is 8. The van der Waals surface area contributed by atoms with E-state index in [0.29, 0.717) is 28.2 Å². The summed E-state index contributed by atoms with van der Waals surface area (Å²) >= 11 is 11.8. The zero-order chi connectivity index (χ0) is 21.5. The lowest BCUT2D eigenvalue weighted by Gasteiger charge is -2.13. The van der Waals surface area contributed by atoms with Gasteiger partial charge in [-0.2, -0.15) is 0 Å². The molecule has 30 heavy (non-hydrogen) atoms. The lowest BCUT2D eigenvalue weighted by molar-refractivity contribution is -0.122. The van der Waals surface area contributed by atoms with Crippen LogP contribution in [0, 0.1) is 5.82 Å². The third-order valence-electron chi connectivity index (χ3n) is 3.83. The molecule has 3 rings (SSSR count). The van der Waals surface area contributed by atoms with Gasteiger partial charge < -0.3 is 15.8 Å². The Morgan fingerprint density at radius 2 is 1.83 bits per heavy atom. The molecule has 0 atom stereocenters. The number of nitrogens with zero attached hydrogens (tertiary/aromatic N) is 2. The Hall–Kier alpha value is -3.30. The van der Waals surface area contributed by atoms with Gasteiger partial charge in [0, 0.05) is 11.6 Å². The van der Waals surface area contributed by atoms with Crippen LogP contribution in [0.3, 0.4) is 0 Å². The van der Waals surface area contributed by atoms with E-state index in [1.165, 1.54) is 24.5 Å². The summed E-state index contributed by atoms with van der Waals surface area (Å²) in [5.41, 5.74) is 12.1. The number of hydrazine groups is 1. The predicted molar refractivity (Wildman–Crippen MR) is 114 cm³/mol. The molecule has 0 unspecified atom stereocenters. The van der Waals surface area contributed by atoms with Gasteiger partial charge in [-0.1, -0.05) is 35.3 Å². The molecule has 2 aromatic carbocycles. The van der Waals surface area contributed by atoms with Gasteiger partial charge in [0.05, 0.1) is 5.02 Å². The van der Waals surface area contributed by atoms with E-state index in [-0.39, 0.29) is 23.9 Å². The van der Waals surface area contributed by atoms with E-state index in [1.807, 2.05) is 0 Å². The molecule has 5 N–H and O–H groups in total. The zero-order valence-corrected chi connectivity index (χ0v) is 17.0. The Morgan fingerprint density at radius 1 is 1.10 bits per heavy atom. The largest absolute Gasteiger partial charge is 0.482 e. The molecule has 3 aromatic rings. The molecule has 0 aliphatic carbocycles. The number of carbonyl (C=O) groups excluding carboxylic acids is 1. The van der Waals surface area contributed by atoms with Crippen molar-refractivity contribution in [3.63, 3.8) is 0 Å². The summed E-state index contributed by atoms with van der Waals surface area (Å²) in [5.74, 6) is 0.0782. The maximum absolute atomic E-state index is 13.0. The van der Waals surface area contributed by atoms with Gasteiger partial charge in [0.25, 0.3) is 5.91 Å². The lowest BCUT2D eigenvalue weighted by Crippen LogP contribution is -2.34. The van der Waals surface area contributed by atoms with Crippen molar-refractivity contribution in [2.24, 2.45) is 0 Å². The molecule has 0 radical (unpaired) electrons. The van der Waals surface area contributed by atoms with Crippen LogP contribution in [-0.2, 0) is 11.3 Å². The Balaban J connectivity index is 1.52. The molecule has 0 spiro atoms. The number of halogens is 3. The molecule has 1 amide bonds. The zero-order valence-electron chi connectivity index (χ0n) is 15.5. The second-order valence-corrected chi connectivity index (χ2v) is 6.84. The molecule has 0 saturated heterocycles. The highest BCUT2D eigenvalue weighted by atomic mass is 35.5. The SMILES string of the molecule is Nc1c(NCc2ccc(F)cc2)ncnc1NNC(=O)COc1ccc(Cl)cc1Cl. The van der Waals surface area contributed by atoms with Crippen LogP contribution >= 0.6 is 23.2 Å². The van der Waals surface area contributed by atoms with Gasteiger partial charge in [-0.3, -0.25) is 15.6 Å². The normalized spacial score (nSPS) is 10.4. The van der Waals surface area contributed by atoms with Crippen molar-refractivity contribution in [2.75, 3.05) is 23.1 Å². The van der Waals surface area contributed by atoms with Crippen LogP contribution < -0.4 is 26.6 Å². The van der Waals surface area contributed by atoms with E-state index in [1.54, 1.807) is 24.3 Å². The van der Waals surface area contributed by atoms with Gasteiger partial charge in [-0.25, -0.2) is 14.4 Å². The summed E-state index contributed by atoms with van der Waals surface area (Å²) in [4.78, 5) is 20.1. The maximum atomic E-state index is 13.0. The average molecular weight is 451 g/mol. The monoisotopic (exact) mass is 450 g/mol.